The standard InChI is InChI=1S/C24H29N3O4/c1-5-16-8-6-7-15(2)23(16)25-24(29)26-13-19-18-12-21(31-4)20(30-3)11-17(18)9-10-27(19)22(28)14-26/h6-8,11-12,19H,5,9-10,13-14H2,1-4H3,(H,25,29)/t19-/m0/s1. The summed E-state index contributed by atoms with van der Waals surface area (Å²) >= 11 is 0. The summed E-state index contributed by atoms with van der Waals surface area (Å²) in [6.07, 6.45) is 1.58. The third kappa shape index (κ3) is 3.80. The van der Waals surface area contributed by atoms with Crippen LogP contribution in [0.4, 0.5) is 10.5 Å². The number of hydrogen-bond acceptors (Lipinski definition) is 4. The Bertz CT molecular complexity index is 1020. The molecule has 7 heteroatoms. The van der Waals surface area contributed by atoms with Crippen molar-refractivity contribution in [3.8, 4) is 11.5 Å². The van der Waals surface area contributed by atoms with Crippen molar-refractivity contribution in [3.63, 3.8) is 0 Å². The molecule has 1 fully saturated rings. The molecule has 0 bridgehead atoms. The molecule has 1 atom stereocenters. The van der Waals surface area contributed by atoms with Gasteiger partial charge in [-0.15, -0.1) is 0 Å². The fourth-order valence-corrected chi connectivity index (χ4v) is 4.59. The number of ether oxygens (including phenoxy) is 2. The Labute approximate surface area is 182 Å². The number of piperazine rings is 1. The maximum atomic E-state index is 13.1. The van der Waals surface area contributed by atoms with Gasteiger partial charge in [0.2, 0.25) is 5.91 Å². The lowest BCUT2D eigenvalue weighted by Crippen LogP contribution is -2.56. The van der Waals surface area contributed by atoms with E-state index >= 15 is 0 Å². The van der Waals surface area contributed by atoms with Gasteiger partial charge in [-0.3, -0.25) is 4.79 Å². The van der Waals surface area contributed by atoms with Gasteiger partial charge >= 0.3 is 6.03 Å². The fraction of sp³-hybridized carbons (Fsp3) is 0.417. The van der Waals surface area contributed by atoms with Crippen LogP contribution in [0.15, 0.2) is 30.3 Å². The molecule has 2 heterocycles. The van der Waals surface area contributed by atoms with Crippen LogP contribution in [0.25, 0.3) is 0 Å². The Morgan fingerprint density at radius 1 is 1.19 bits per heavy atom. The third-order valence-corrected chi connectivity index (χ3v) is 6.30. The number of carbonyl (C=O) groups excluding carboxylic acids is 2. The van der Waals surface area contributed by atoms with E-state index in [1.165, 1.54) is 0 Å². The molecular weight excluding hydrogens is 394 g/mol. The number of aryl methyl sites for hydroxylation is 2. The van der Waals surface area contributed by atoms with E-state index in [1.807, 2.05) is 42.2 Å². The number of amides is 3. The minimum Gasteiger partial charge on any atom is -0.493 e. The highest BCUT2D eigenvalue weighted by Gasteiger charge is 2.39. The van der Waals surface area contributed by atoms with Crippen molar-refractivity contribution in [1.29, 1.82) is 0 Å². The van der Waals surface area contributed by atoms with E-state index in [4.69, 9.17) is 9.47 Å². The average Bonchev–Trinajstić information content (AvgIpc) is 2.78. The van der Waals surface area contributed by atoms with Crippen molar-refractivity contribution < 1.29 is 19.1 Å². The first-order valence-electron chi connectivity index (χ1n) is 10.7. The summed E-state index contributed by atoms with van der Waals surface area (Å²) in [6, 6.07) is 9.47. The molecule has 3 amide bonds. The third-order valence-electron chi connectivity index (χ3n) is 6.30. The topological polar surface area (TPSA) is 71.1 Å². The van der Waals surface area contributed by atoms with E-state index in [2.05, 4.69) is 12.2 Å². The zero-order valence-corrected chi connectivity index (χ0v) is 18.5. The molecule has 164 valence electrons. The zero-order chi connectivity index (χ0) is 22.1. The van der Waals surface area contributed by atoms with Gasteiger partial charge in [-0.1, -0.05) is 25.1 Å². The van der Waals surface area contributed by atoms with Gasteiger partial charge in [-0.2, -0.15) is 0 Å². The Morgan fingerprint density at radius 3 is 2.65 bits per heavy atom. The van der Waals surface area contributed by atoms with Crippen molar-refractivity contribution in [3.05, 3.63) is 52.6 Å². The lowest BCUT2D eigenvalue weighted by Gasteiger charge is -2.44. The predicted octanol–water partition coefficient (Wildman–Crippen LogP) is 3.55. The van der Waals surface area contributed by atoms with Crippen molar-refractivity contribution in [2.45, 2.75) is 32.7 Å². The summed E-state index contributed by atoms with van der Waals surface area (Å²) in [7, 11) is 3.22. The average molecular weight is 424 g/mol. The first kappa shape index (κ1) is 21.0. The van der Waals surface area contributed by atoms with Crippen LogP contribution in [0.5, 0.6) is 11.5 Å². The van der Waals surface area contributed by atoms with Crippen LogP contribution >= 0.6 is 0 Å². The number of anilines is 1. The minimum absolute atomic E-state index is 0.0349. The van der Waals surface area contributed by atoms with E-state index in [0.717, 1.165) is 40.8 Å². The summed E-state index contributed by atoms with van der Waals surface area (Å²) < 4.78 is 10.9. The fourth-order valence-electron chi connectivity index (χ4n) is 4.59. The monoisotopic (exact) mass is 423 g/mol. The van der Waals surface area contributed by atoms with Gasteiger partial charge in [-0.05, 0) is 54.2 Å². The zero-order valence-electron chi connectivity index (χ0n) is 18.5. The van der Waals surface area contributed by atoms with Crippen LogP contribution < -0.4 is 14.8 Å². The molecule has 1 saturated heterocycles. The van der Waals surface area contributed by atoms with Gasteiger partial charge in [0.15, 0.2) is 11.5 Å². The Kier molecular flexibility index (Phi) is 5.76. The number of carbonyl (C=O) groups is 2. The number of fused-ring (bicyclic) bond motifs is 3. The molecule has 0 aliphatic carbocycles. The second-order valence-electron chi connectivity index (χ2n) is 8.03. The molecule has 2 aliphatic rings. The Balaban J connectivity index is 1.62. The quantitative estimate of drug-likeness (QED) is 0.817. The second kappa shape index (κ2) is 8.49. The summed E-state index contributed by atoms with van der Waals surface area (Å²) in [5, 5.41) is 3.05. The van der Waals surface area contributed by atoms with E-state index in [9.17, 15) is 9.59 Å². The van der Waals surface area contributed by atoms with Crippen LogP contribution in [-0.2, 0) is 17.6 Å². The summed E-state index contributed by atoms with van der Waals surface area (Å²) in [4.78, 5) is 29.6. The smallest absolute Gasteiger partial charge is 0.322 e. The number of para-hydroxylation sites is 1. The molecule has 2 aliphatic heterocycles. The van der Waals surface area contributed by atoms with Crippen molar-refractivity contribution >= 4 is 17.6 Å². The van der Waals surface area contributed by atoms with Crippen molar-refractivity contribution in [1.82, 2.24) is 9.80 Å². The first-order chi connectivity index (χ1) is 15.0. The number of urea groups is 1. The maximum absolute atomic E-state index is 13.1. The molecule has 0 saturated carbocycles. The van der Waals surface area contributed by atoms with Crippen LogP contribution in [-0.4, -0.2) is 55.6 Å². The normalized spacial score (nSPS) is 17.7. The molecule has 2 aromatic rings. The Morgan fingerprint density at radius 2 is 1.94 bits per heavy atom. The second-order valence-corrected chi connectivity index (χ2v) is 8.03. The molecule has 0 unspecified atom stereocenters. The van der Waals surface area contributed by atoms with Gasteiger partial charge < -0.3 is 24.6 Å². The van der Waals surface area contributed by atoms with E-state index < -0.39 is 0 Å². The predicted molar refractivity (Wildman–Crippen MR) is 119 cm³/mol. The highest BCUT2D eigenvalue weighted by molar-refractivity contribution is 5.94. The minimum atomic E-state index is -0.246. The highest BCUT2D eigenvalue weighted by atomic mass is 16.5. The summed E-state index contributed by atoms with van der Waals surface area (Å²) in [5.41, 5.74) is 5.07. The van der Waals surface area contributed by atoms with Crippen LogP contribution in [0, 0.1) is 6.92 Å². The van der Waals surface area contributed by atoms with E-state index in [-0.39, 0.29) is 24.5 Å². The Hall–Kier alpha value is -3.22. The van der Waals surface area contributed by atoms with Gasteiger partial charge in [0.1, 0.15) is 6.54 Å². The molecule has 0 aromatic heterocycles. The van der Waals surface area contributed by atoms with Crippen LogP contribution in [0.2, 0.25) is 0 Å². The molecule has 4 rings (SSSR count). The molecule has 0 spiro atoms. The number of rotatable bonds is 4. The molecular formula is C24H29N3O4. The van der Waals surface area contributed by atoms with Gasteiger partial charge in [0, 0.05) is 18.8 Å². The molecule has 1 N–H and O–H groups in total. The SMILES string of the molecule is CCc1cccc(C)c1NC(=O)N1CC(=O)N2CCc3cc(OC)c(OC)cc3[C@@H]2C1. The molecule has 0 radical (unpaired) electrons. The molecule has 31 heavy (non-hydrogen) atoms. The lowest BCUT2D eigenvalue weighted by atomic mass is 9.90. The maximum Gasteiger partial charge on any atom is 0.322 e. The number of nitrogens with zero attached hydrogens (tertiary/aromatic N) is 2. The van der Waals surface area contributed by atoms with Crippen molar-refractivity contribution in [2.24, 2.45) is 0 Å². The highest BCUT2D eigenvalue weighted by Crippen LogP contribution is 2.39. The number of benzene rings is 2. The van der Waals surface area contributed by atoms with Crippen molar-refractivity contribution in [2.75, 3.05) is 39.2 Å². The number of hydrogen-bond donors (Lipinski definition) is 1. The molecule has 2 aromatic carbocycles. The molecule has 7 nitrogen and oxygen atoms in total. The van der Waals surface area contributed by atoms with Gasteiger partial charge in [0.25, 0.3) is 0 Å². The first-order valence-corrected chi connectivity index (χ1v) is 10.7. The summed E-state index contributed by atoms with van der Waals surface area (Å²) in [6.45, 7) is 5.20. The largest absolute Gasteiger partial charge is 0.493 e. The number of nitrogens with one attached hydrogen (secondary N) is 1. The van der Waals surface area contributed by atoms with Gasteiger partial charge in [-0.25, -0.2) is 4.79 Å². The summed E-state index contributed by atoms with van der Waals surface area (Å²) in [5.74, 6) is 1.27. The van der Waals surface area contributed by atoms with E-state index in [1.54, 1.807) is 19.1 Å². The van der Waals surface area contributed by atoms with Crippen LogP contribution in [0.3, 0.4) is 0 Å². The lowest BCUT2D eigenvalue weighted by molar-refractivity contribution is -0.139. The van der Waals surface area contributed by atoms with Crippen LogP contribution in [0.1, 0.15) is 35.2 Å². The number of methoxy groups -OCH3 is 2. The van der Waals surface area contributed by atoms with Gasteiger partial charge in [0.05, 0.1) is 20.3 Å². The van der Waals surface area contributed by atoms with E-state index in [0.29, 0.717) is 24.6 Å².